The van der Waals surface area contributed by atoms with Crippen LogP contribution in [0.1, 0.15) is 11.1 Å². The Morgan fingerprint density at radius 3 is 2.55 bits per heavy atom. The molecule has 4 aromatic rings. The summed E-state index contributed by atoms with van der Waals surface area (Å²) in [6.07, 6.45) is 4.75. The van der Waals surface area contributed by atoms with Crippen molar-refractivity contribution in [1.29, 1.82) is 0 Å². The summed E-state index contributed by atoms with van der Waals surface area (Å²) < 4.78 is 1.90. The average Bonchev–Trinajstić information content (AvgIpc) is 3.25. The molecule has 9 nitrogen and oxygen atoms in total. The molecule has 3 N–H and O–H groups in total. The Hall–Kier alpha value is -4.18. The first-order valence-electron chi connectivity index (χ1n) is 9.91. The lowest BCUT2D eigenvalue weighted by molar-refractivity contribution is -0.118. The van der Waals surface area contributed by atoms with Gasteiger partial charge >= 0.3 is 0 Å². The van der Waals surface area contributed by atoms with E-state index in [4.69, 9.17) is 0 Å². The minimum Gasteiger partial charge on any atom is -0.504 e. The predicted octanol–water partition coefficient (Wildman–Crippen LogP) is 3.29. The number of amides is 1. The van der Waals surface area contributed by atoms with Crippen LogP contribution in [0.4, 0.5) is 0 Å². The van der Waals surface area contributed by atoms with Gasteiger partial charge in [0, 0.05) is 23.6 Å². The monoisotopic (exact) mass is 460 g/mol. The van der Waals surface area contributed by atoms with Gasteiger partial charge in [0.15, 0.2) is 22.5 Å². The van der Waals surface area contributed by atoms with Crippen LogP contribution in [-0.2, 0) is 4.79 Å². The van der Waals surface area contributed by atoms with Gasteiger partial charge in [-0.3, -0.25) is 14.3 Å². The second kappa shape index (κ2) is 9.96. The van der Waals surface area contributed by atoms with Gasteiger partial charge in [0.1, 0.15) is 0 Å². The molecule has 0 saturated carbocycles. The van der Waals surface area contributed by atoms with Gasteiger partial charge in [-0.05, 0) is 55.0 Å². The van der Waals surface area contributed by atoms with Gasteiger partial charge in [-0.1, -0.05) is 29.5 Å². The number of carbonyl (C=O) groups is 1. The Balaban J connectivity index is 1.49. The van der Waals surface area contributed by atoms with Crippen molar-refractivity contribution in [3.8, 4) is 28.6 Å². The first-order valence-corrected chi connectivity index (χ1v) is 10.9. The molecule has 10 heteroatoms. The van der Waals surface area contributed by atoms with Crippen molar-refractivity contribution in [2.24, 2.45) is 5.10 Å². The van der Waals surface area contributed by atoms with Crippen LogP contribution in [0.25, 0.3) is 17.1 Å². The topological polar surface area (TPSA) is 126 Å². The Labute approximate surface area is 193 Å². The molecule has 0 aliphatic heterocycles. The van der Waals surface area contributed by atoms with Crippen LogP contribution < -0.4 is 5.43 Å². The zero-order chi connectivity index (χ0) is 23.2. The molecular weight excluding hydrogens is 440 g/mol. The van der Waals surface area contributed by atoms with Crippen molar-refractivity contribution >= 4 is 23.9 Å². The van der Waals surface area contributed by atoms with Crippen molar-refractivity contribution in [2.45, 2.75) is 12.1 Å². The first-order chi connectivity index (χ1) is 16.0. The molecule has 0 saturated heterocycles. The number of nitrogens with zero attached hydrogens (tertiary/aromatic N) is 5. The van der Waals surface area contributed by atoms with Gasteiger partial charge < -0.3 is 10.2 Å². The molecule has 0 aliphatic carbocycles. The van der Waals surface area contributed by atoms with E-state index in [0.717, 1.165) is 16.8 Å². The number of aromatic hydroxyl groups is 2. The molecule has 2 aromatic carbocycles. The highest BCUT2D eigenvalue weighted by Crippen LogP contribution is 2.28. The molecule has 4 rings (SSSR count). The van der Waals surface area contributed by atoms with Crippen LogP contribution in [0.15, 0.2) is 77.2 Å². The lowest BCUT2D eigenvalue weighted by Crippen LogP contribution is -2.20. The quantitative estimate of drug-likeness (QED) is 0.167. The van der Waals surface area contributed by atoms with Crippen LogP contribution in [-0.4, -0.2) is 47.8 Å². The predicted molar refractivity (Wildman–Crippen MR) is 126 cm³/mol. The maximum Gasteiger partial charge on any atom is 0.250 e. The van der Waals surface area contributed by atoms with Gasteiger partial charge in [0.2, 0.25) is 0 Å². The third-order valence-corrected chi connectivity index (χ3v) is 5.53. The van der Waals surface area contributed by atoms with E-state index in [1.54, 1.807) is 18.5 Å². The average molecular weight is 461 g/mol. The third-order valence-electron chi connectivity index (χ3n) is 4.60. The smallest absolute Gasteiger partial charge is 0.250 e. The Kier molecular flexibility index (Phi) is 6.65. The zero-order valence-electron chi connectivity index (χ0n) is 17.6. The molecule has 0 radical (unpaired) electrons. The summed E-state index contributed by atoms with van der Waals surface area (Å²) in [6, 6.07) is 15.9. The van der Waals surface area contributed by atoms with E-state index in [9.17, 15) is 15.0 Å². The van der Waals surface area contributed by atoms with Crippen LogP contribution in [0.3, 0.4) is 0 Å². The number of phenolic OH excluding ortho intramolecular Hbond substituents is 2. The fourth-order valence-electron chi connectivity index (χ4n) is 2.94. The summed E-state index contributed by atoms with van der Waals surface area (Å²) >= 11 is 1.24. The van der Waals surface area contributed by atoms with Gasteiger partial charge in [0.05, 0.1) is 12.0 Å². The summed E-state index contributed by atoms with van der Waals surface area (Å²) in [5, 5.41) is 31.9. The number of aryl methyl sites for hydroxylation is 1. The fourth-order valence-corrected chi connectivity index (χ4v) is 3.68. The second-order valence-corrected chi connectivity index (χ2v) is 7.99. The number of pyridine rings is 1. The lowest BCUT2D eigenvalue weighted by Gasteiger charge is -2.10. The molecule has 0 atom stereocenters. The summed E-state index contributed by atoms with van der Waals surface area (Å²) in [5.74, 6) is -0.103. The second-order valence-electron chi connectivity index (χ2n) is 7.04. The van der Waals surface area contributed by atoms with Crippen molar-refractivity contribution in [3.63, 3.8) is 0 Å². The molecule has 2 aromatic heterocycles. The minimum atomic E-state index is -0.330. The van der Waals surface area contributed by atoms with Crippen molar-refractivity contribution in [3.05, 3.63) is 78.1 Å². The highest BCUT2D eigenvalue weighted by Gasteiger charge is 2.17. The van der Waals surface area contributed by atoms with Crippen molar-refractivity contribution in [1.82, 2.24) is 25.2 Å². The molecule has 0 bridgehead atoms. The van der Waals surface area contributed by atoms with E-state index in [-0.39, 0.29) is 23.2 Å². The fraction of sp³-hybridized carbons (Fsp3) is 0.0870. The number of benzene rings is 2. The SMILES string of the molecule is Cc1ccc(-n2c(SCC(=O)NN=Cc3ccc(O)c(O)c3)nnc2-c2ccncc2)cc1. The van der Waals surface area contributed by atoms with E-state index >= 15 is 0 Å². The minimum absolute atomic E-state index is 0.0680. The van der Waals surface area contributed by atoms with E-state index in [1.165, 1.54) is 30.1 Å². The Morgan fingerprint density at radius 2 is 1.82 bits per heavy atom. The summed E-state index contributed by atoms with van der Waals surface area (Å²) in [7, 11) is 0. The zero-order valence-corrected chi connectivity index (χ0v) is 18.4. The standard InChI is InChI=1S/C23H20N6O3S/c1-15-2-5-18(6-3-15)29-22(17-8-10-24-11-9-17)27-28-23(29)33-14-21(32)26-25-13-16-4-7-19(30)20(31)12-16/h2-13,30-31H,14H2,1H3,(H,26,32). The molecule has 166 valence electrons. The normalized spacial score (nSPS) is 11.1. The third kappa shape index (κ3) is 5.36. The van der Waals surface area contributed by atoms with E-state index in [1.807, 2.05) is 47.9 Å². The summed E-state index contributed by atoms with van der Waals surface area (Å²) in [4.78, 5) is 16.4. The number of hydrogen-bond acceptors (Lipinski definition) is 8. The Bertz CT molecular complexity index is 1290. The number of hydrogen-bond donors (Lipinski definition) is 3. The Morgan fingerprint density at radius 1 is 1.06 bits per heavy atom. The van der Waals surface area contributed by atoms with Crippen molar-refractivity contribution in [2.75, 3.05) is 5.75 Å². The summed E-state index contributed by atoms with van der Waals surface area (Å²) in [6.45, 7) is 2.01. The van der Waals surface area contributed by atoms with E-state index in [2.05, 4.69) is 25.7 Å². The molecular formula is C23H20N6O3S. The first kappa shape index (κ1) is 22.0. The maximum absolute atomic E-state index is 12.3. The van der Waals surface area contributed by atoms with E-state index < -0.39 is 0 Å². The molecule has 2 heterocycles. The molecule has 1 amide bonds. The van der Waals surface area contributed by atoms with Crippen LogP contribution >= 0.6 is 11.8 Å². The number of hydrazone groups is 1. The number of carbonyl (C=O) groups excluding carboxylic acids is 1. The lowest BCUT2D eigenvalue weighted by atomic mass is 10.2. The van der Waals surface area contributed by atoms with E-state index in [0.29, 0.717) is 16.5 Å². The van der Waals surface area contributed by atoms with Gasteiger partial charge in [-0.25, -0.2) is 5.43 Å². The van der Waals surface area contributed by atoms with Gasteiger partial charge in [-0.15, -0.1) is 10.2 Å². The van der Waals surface area contributed by atoms with Crippen molar-refractivity contribution < 1.29 is 15.0 Å². The van der Waals surface area contributed by atoms with Gasteiger partial charge in [-0.2, -0.15) is 5.10 Å². The van der Waals surface area contributed by atoms with Gasteiger partial charge in [0.25, 0.3) is 5.91 Å². The molecule has 33 heavy (non-hydrogen) atoms. The number of phenols is 2. The van der Waals surface area contributed by atoms with Crippen LogP contribution in [0.5, 0.6) is 11.5 Å². The molecule has 0 fully saturated rings. The number of rotatable bonds is 7. The largest absolute Gasteiger partial charge is 0.504 e. The maximum atomic E-state index is 12.3. The highest BCUT2D eigenvalue weighted by molar-refractivity contribution is 7.99. The molecule has 0 aliphatic rings. The molecule has 0 spiro atoms. The highest BCUT2D eigenvalue weighted by atomic mass is 32.2. The number of nitrogens with one attached hydrogen (secondary N) is 1. The van der Waals surface area contributed by atoms with Crippen LogP contribution in [0.2, 0.25) is 0 Å². The summed E-state index contributed by atoms with van der Waals surface area (Å²) in [5.41, 5.74) is 5.84. The molecule has 0 unspecified atom stereocenters. The number of aromatic nitrogens is 4. The van der Waals surface area contributed by atoms with Crippen LogP contribution in [0, 0.1) is 6.92 Å². The number of thioether (sulfide) groups is 1.